The zero-order chi connectivity index (χ0) is 71.8. The van der Waals surface area contributed by atoms with Gasteiger partial charge in [-0.1, -0.05) is 256 Å². The Bertz CT molecular complexity index is 2110. The summed E-state index contributed by atoms with van der Waals surface area (Å²) in [5, 5.41) is 136. The van der Waals surface area contributed by atoms with Crippen LogP contribution in [0.5, 0.6) is 0 Å². The second-order valence-corrected chi connectivity index (χ2v) is 27.8. The number of carbonyl (C=O) groups is 3. The Labute approximate surface area is 586 Å². The molecule has 3 aliphatic rings. The molecule has 0 aliphatic carbocycles. The average molecular weight is 1400 g/mol. The molecule has 23 nitrogen and oxygen atoms in total. The summed E-state index contributed by atoms with van der Waals surface area (Å²) in [5.74, 6) is -6.14. The molecule has 3 heterocycles. The van der Waals surface area contributed by atoms with Crippen molar-refractivity contribution in [1.29, 1.82) is 0 Å². The maximum atomic E-state index is 13.5. The maximum absolute atomic E-state index is 13.5. The summed E-state index contributed by atoms with van der Waals surface area (Å²) in [7, 11) is 0. The Morgan fingerprint density at radius 1 is 0.551 bits per heavy atom. The number of carboxylic acid groups (broad SMARTS) is 1. The van der Waals surface area contributed by atoms with E-state index in [-0.39, 0.29) is 12.3 Å². The van der Waals surface area contributed by atoms with Crippen LogP contribution in [0.1, 0.15) is 284 Å². The fourth-order valence-electron chi connectivity index (χ4n) is 13.3. The van der Waals surface area contributed by atoms with E-state index >= 15 is 0 Å². The molecule has 2 amide bonds. The van der Waals surface area contributed by atoms with E-state index in [2.05, 4.69) is 48.8 Å². The van der Waals surface area contributed by atoms with Crippen molar-refractivity contribution in [3.05, 3.63) is 36.5 Å². The van der Waals surface area contributed by atoms with E-state index in [0.717, 1.165) is 64.7 Å². The molecule has 3 saturated heterocycles. The second kappa shape index (κ2) is 54.6. The molecular weight excluding hydrogens is 1260 g/mol. The van der Waals surface area contributed by atoms with Crippen molar-refractivity contribution >= 4 is 17.8 Å². The fourth-order valence-corrected chi connectivity index (χ4v) is 13.3. The largest absolute Gasteiger partial charge is 0.477 e. The third kappa shape index (κ3) is 35.4. The molecule has 23 heteroatoms. The normalized spacial score (nSPS) is 27.4. The maximum Gasteiger partial charge on any atom is 0.364 e. The molecule has 0 saturated carbocycles. The first-order valence-corrected chi connectivity index (χ1v) is 38.4. The zero-order valence-electron chi connectivity index (χ0n) is 60.1. The highest BCUT2D eigenvalue weighted by atomic mass is 16.8. The highest BCUT2D eigenvalue weighted by Crippen LogP contribution is 2.39. The quantitative estimate of drug-likeness (QED) is 0.0199. The minimum absolute atomic E-state index is 0.200. The number of carbonyl (C=O) groups excluding carboxylic acids is 2. The van der Waals surface area contributed by atoms with Gasteiger partial charge in [-0.05, 0) is 44.9 Å². The molecule has 3 rings (SSSR count). The number of aliphatic carboxylic acids is 1. The molecule has 0 spiro atoms. The molecule has 14 N–H and O–H groups in total. The molecule has 572 valence electrons. The molecule has 3 fully saturated rings. The summed E-state index contributed by atoms with van der Waals surface area (Å²) in [6.45, 7) is 2.07. The molecule has 0 aromatic rings. The van der Waals surface area contributed by atoms with E-state index in [1.807, 2.05) is 6.08 Å². The first kappa shape index (κ1) is 89.2. The topological polar surface area (TPSA) is 373 Å². The number of hydrogen-bond donors (Lipinski definition) is 14. The second-order valence-electron chi connectivity index (χ2n) is 27.8. The van der Waals surface area contributed by atoms with Gasteiger partial charge in [0.05, 0.1) is 50.7 Å². The number of hydrogen-bond acceptors (Lipinski definition) is 20. The first-order valence-electron chi connectivity index (χ1n) is 38.4. The van der Waals surface area contributed by atoms with Crippen molar-refractivity contribution in [1.82, 2.24) is 10.6 Å². The van der Waals surface area contributed by atoms with Crippen molar-refractivity contribution in [3.63, 3.8) is 0 Å². The predicted octanol–water partition coefficient (Wildman–Crippen LogP) is 8.96. The van der Waals surface area contributed by atoms with Crippen LogP contribution in [0.4, 0.5) is 0 Å². The summed E-state index contributed by atoms with van der Waals surface area (Å²) >= 11 is 0. The number of ether oxygens (including phenoxy) is 6. The molecule has 0 bridgehead atoms. The number of aliphatic hydroxyl groups excluding tert-OH is 11. The van der Waals surface area contributed by atoms with Crippen LogP contribution in [0.25, 0.3) is 0 Å². The van der Waals surface area contributed by atoms with Gasteiger partial charge in [0.1, 0.15) is 67.1 Å². The van der Waals surface area contributed by atoms with Crippen LogP contribution in [0.3, 0.4) is 0 Å². The van der Waals surface area contributed by atoms with E-state index in [1.165, 1.54) is 180 Å². The lowest BCUT2D eigenvalue weighted by molar-refractivity contribution is -0.386. The van der Waals surface area contributed by atoms with Gasteiger partial charge in [-0.3, -0.25) is 9.59 Å². The van der Waals surface area contributed by atoms with E-state index in [0.29, 0.717) is 12.8 Å². The monoisotopic (exact) mass is 1400 g/mol. The lowest BCUT2D eigenvalue weighted by atomic mass is 9.88. The summed E-state index contributed by atoms with van der Waals surface area (Å²) < 4.78 is 34.9. The van der Waals surface area contributed by atoms with Crippen LogP contribution < -0.4 is 10.6 Å². The third-order valence-electron chi connectivity index (χ3n) is 19.3. The minimum atomic E-state index is -3.08. The van der Waals surface area contributed by atoms with Crippen LogP contribution in [0, 0.1) is 0 Å². The Hall–Kier alpha value is -3.05. The van der Waals surface area contributed by atoms with Gasteiger partial charge in [0, 0.05) is 19.8 Å². The van der Waals surface area contributed by atoms with Gasteiger partial charge in [-0.2, -0.15) is 0 Å². The molecule has 98 heavy (non-hydrogen) atoms. The summed E-state index contributed by atoms with van der Waals surface area (Å²) in [4.78, 5) is 38.6. The highest BCUT2D eigenvalue weighted by Gasteiger charge is 2.60. The summed E-state index contributed by atoms with van der Waals surface area (Å²) in [5.41, 5.74) is 0. The van der Waals surface area contributed by atoms with Gasteiger partial charge < -0.3 is 100 Å². The number of carboxylic acids is 1. The lowest BCUT2D eigenvalue weighted by Crippen LogP contribution is -2.70. The standard InChI is InChI=1S/C75H136N2O21/c1-4-6-8-10-12-14-16-18-20-22-24-26-27-29-30-32-34-36-38-40-42-44-46-48-57(82)56(77-62(85)49-47-45-43-41-39-37-35-33-31-28-25-23-21-19-17-15-13-11-9-7-5-2)54-93-72-67(89)66(88)69(61(53-80)95-72)96-73-68(90)71(65(87)60(52-79)94-73)98-75(74(91)92)50-58(83)63(76-55(3)81)70(97-75)64(86)59(84)51-78/h7,9,13,15,46,48,56-61,63-73,78-80,82-84,86-90H,4-6,8,10-12,14,16-45,47,49-54H2,1-3H3,(H,76,81)(H,77,85)(H,91,92)/b9-7-,15-13-,48-46+. The van der Waals surface area contributed by atoms with Gasteiger partial charge in [0.25, 0.3) is 5.79 Å². The Morgan fingerprint density at radius 3 is 1.49 bits per heavy atom. The molecule has 0 aromatic carbocycles. The number of nitrogens with one attached hydrogen (secondary N) is 2. The summed E-state index contributed by atoms with van der Waals surface area (Å²) in [6.07, 6.45) is 30.3. The highest BCUT2D eigenvalue weighted by molar-refractivity contribution is 5.77. The van der Waals surface area contributed by atoms with E-state index in [1.54, 1.807) is 6.08 Å². The Kier molecular flexibility index (Phi) is 49.7. The SMILES string of the molecule is CC/C=C\C/C=C\CCCCCCCCCCCCCCCCC(=O)NC(COC1OC(CO)C(OC2OC(CO)C(O)C(OC3(C(=O)O)CC(O)C(NC(C)=O)C(C(O)C(O)CO)O3)C2O)C(O)C1O)C(O)/C=C/CCCCCCCCCCCCCCCCCCCCCCC. The van der Waals surface area contributed by atoms with Crippen molar-refractivity contribution in [2.75, 3.05) is 26.4 Å². The third-order valence-corrected chi connectivity index (χ3v) is 19.3. The number of amides is 2. The molecule has 0 radical (unpaired) electrons. The van der Waals surface area contributed by atoms with Crippen molar-refractivity contribution in [3.8, 4) is 0 Å². The predicted molar refractivity (Wildman–Crippen MR) is 375 cm³/mol. The molecule has 0 aromatic heterocycles. The number of aliphatic hydroxyl groups is 11. The zero-order valence-corrected chi connectivity index (χ0v) is 60.1. The average Bonchev–Trinajstić information content (AvgIpc) is 0.756. The molecule has 18 atom stereocenters. The van der Waals surface area contributed by atoms with Crippen molar-refractivity contribution in [2.24, 2.45) is 0 Å². The van der Waals surface area contributed by atoms with Crippen LogP contribution in [0.2, 0.25) is 0 Å². The van der Waals surface area contributed by atoms with Gasteiger partial charge in [0.15, 0.2) is 12.6 Å². The molecule has 3 aliphatic heterocycles. The van der Waals surface area contributed by atoms with Crippen molar-refractivity contribution in [2.45, 2.75) is 394 Å². The molecule has 18 unspecified atom stereocenters. The number of rotatable bonds is 59. The van der Waals surface area contributed by atoms with Crippen LogP contribution >= 0.6 is 0 Å². The fraction of sp³-hybridized carbons (Fsp3) is 0.880. The van der Waals surface area contributed by atoms with E-state index in [9.17, 15) is 75.7 Å². The van der Waals surface area contributed by atoms with Crippen LogP contribution in [-0.2, 0) is 42.8 Å². The van der Waals surface area contributed by atoms with Gasteiger partial charge in [-0.25, -0.2) is 4.79 Å². The summed E-state index contributed by atoms with van der Waals surface area (Å²) in [6, 6.07) is -2.62. The lowest BCUT2D eigenvalue weighted by Gasteiger charge is -2.50. The number of allylic oxidation sites excluding steroid dienone is 5. The number of unbranched alkanes of at least 4 members (excludes halogenated alkanes) is 35. The van der Waals surface area contributed by atoms with Gasteiger partial charge in [-0.15, -0.1) is 0 Å². The molecular formula is C75H136N2O21. The van der Waals surface area contributed by atoms with Crippen LogP contribution in [0.15, 0.2) is 36.5 Å². The van der Waals surface area contributed by atoms with Crippen LogP contribution in [-0.4, -0.2) is 215 Å². The first-order chi connectivity index (χ1) is 47.4. The van der Waals surface area contributed by atoms with Gasteiger partial charge >= 0.3 is 5.97 Å². The van der Waals surface area contributed by atoms with E-state index in [4.69, 9.17) is 28.4 Å². The van der Waals surface area contributed by atoms with Gasteiger partial charge in [0.2, 0.25) is 11.8 Å². The minimum Gasteiger partial charge on any atom is -0.477 e. The smallest absolute Gasteiger partial charge is 0.364 e. The van der Waals surface area contributed by atoms with Crippen molar-refractivity contribution < 1.29 is 104 Å². The Morgan fingerprint density at radius 2 is 1.02 bits per heavy atom. The van der Waals surface area contributed by atoms with E-state index < -0.39 is 155 Å². The Balaban J connectivity index is 1.55.